The second-order valence-electron chi connectivity index (χ2n) is 5.74. The van der Waals surface area contributed by atoms with Gasteiger partial charge in [-0.05, 0) is 36.8 Å². The van der Waals surface area contributed by atoms with Crippen molar-refractivity contribution in [2.24, 2.45) is 0 Å². The molecule has 1 heterocycles. The maximum absolute atomic E-state index is 13.5. The first-order valence-corrected chi connectivity index (χ1v) is 8.05. The van der Waals surface area contributed by atoms with Gasteiger partial charge in [0.05, 0.1) is 6.04 Å². The Morgan fingerprint density at radius 2 is 1.88 bits per heavy atom. The third kappa shape index (κ3) is 4.27. The van der Waals surface area contributed by atoms with Gasteiger partial charge in [0.15, 0.2) is 17.3 Å². The van der Waals surface area contributed by atoms with E-state index < -0.39 is 11.6 Å². The number of furan rings is 1. The minimum atomic E-state index is -0.800. The van der Waals surface area contributed by atoms with Crippen LogP contribution in [0.25, 0.3) is 0 Å². The number of ether oxygens (including phenoxy) is 1. The SMILES string of the molecule is C[C@@H](NC(=O)c1ccc(COc2ccc(F)cc2F)o1)c1ccccc1. The zero-order chi connectivity index (χ0) is 18.5. The number of carbonyl (C=O) groups excluding carboxylic acids is 1. The van der Waals surface area contributed by atoms with Gasteiger partial charge in [0, 0.05) is 6.07 Å². The summed E-state index contributed by atoms with van der Waals surface area (Å²) in [6.45, 7) is 1.79. The second kappa shape index (κ2) is 7.82. The number of halogens is 2. The van der Waals surface area contributed by atoms with Crippen molar-refractivity contribution in [3.63, 3.8) is 0 Å². The largest absolute Gasteiger partial charge is 0.483 e. The molecule has 0 unspecified atom stereocenters. The minimum Gasteiger partial charge on any atom is -0.483 e. The van der Waals surface area contributed by atoms with E-state index in [0.29, 0.717) is 5.76 Å². The highest BCUT2D eigenvalue weighted by Gasteiger charge is 2.15. The van der Waals surface area contributed by atoms with E-state index in [2.05, 4.69) is 5.32 Å². The van der Waals surface area contributed by atoms with Gasteiger partial charge in [-0.2, -0.15) is 0 Å². The van der Waals surface area contributed by atoms with Crippen LogP contribution in [-0.4, -0.2) is 5.91 Å². The molecule has 0 fully saturated rings. The molecule has 0 bridgehead atoms. The molecule has 6 heteroatoms. The van der Waals surface area contributed by atoms with Crippen LogP contribution in [0.2, 0.25) is 0 Å². The summed E-state index contributed by atoms with van der Waals surface area (Å²) < 4.78 is 37.1. The summed E-state index contributed by atoms with van der Waals surface area (Å²) in [5.74, 6) is -1.45. The second-order valence-corrected chi connectivity index (χ2v) is 5.74. The zero-order valence-electron chi connectivity index (χ0n) is 14.0. The smallest absolute Gasteiger partial charge is 0.287 e. The Hall–Kier alpha value is -3.15. The van der Waals surface area contributed by atoms with Crippen LogP contribution >= 0.6 is 0 Å². The van der Waals surface area contributed by atoms with E-state index in [1.54, 1.807) is 6.07 Å². The monoisotopic (exact) mass is 357 g/mol. The maximum Gasteiger partial charge on any atom is 0.287 e. The first kappa shape index (κ1) is 17.7. The van der Waals surface area contributed by atoms with E-state index in [-0.39, 0.29) is 30.1 Å². The van der Waals surface area contributed by atoms with Crippen LogP contribution in [0.5, 0.6) is 5.75 Å². The maximum atomic E-state index is 13.5. The van der Waals surface area contributed by atoms with Crippen molar-refractivity contribution in [3.8, 4) is 5.75 Å². The number of benzene rings is 2. The van der Waals surface area contributed by atoms with Gasteiger partial charge in [-0.1, -0.05) is 30.3 Å². The molecule has 1 aromatic heterocycles. The van der Waals surface area contributed by atoms with E-state index in [0.717, 1.165) is 17.7 Å². The molecule has 0 aliphatic rings. The number of hydrogen-bond donors (Lipinski definition) is 1. The van der Waals surface area contributed by atoms with E-state index >= 15 is 0 Å². The average molecular weight is 357 g/mol. The first-order valence-electron chi connectivity index (χ1n) is 8.05. The van der Waals surface area contributed by atoms with Crippen molar-refractivity contribution in [2.75, 3.05) is 0 Å². The number of carbonyl (C=O) groups is 1. The number of nitrogens with one attached hydrogen (secondary N) is 1. The number of rotatable bonds is 6. The fourth-order valence-corrected chi connectivity index (χ4v) is 2.41. The standard InChI is InChI=1S/C20H17F2NO3/c1-13(14-5-3-2-4-6-14)23-20(24)19-10-8-16(26-19)12-25-18-9-7-15(21)11-17(18)22/h2-11,13H,12H2,1H3,(H,23,24)/t13-/m1/s1. The van der Waals surface area contributed by atoms with Gasteiger partial charge in [-0.15, -0.1) is 0 Å². The highest BCUT2D eigenvalue weighted by Crippen LogP contribution is 2.20. The lowest BCUT2D eigenvalue weighted by Gasteiger charge is -2.13. The lowest BCUT2D eigenvalue weighted by molar-refractivity contribution is 0.0907. The lowest BCUT2D eigenvalue weighted by Crippen LogP contribution is -2.26. The highest BCUT2D eigenvalue weighted by atomic mass is 19.1. The molecule has 3 rings (SSSR count). The molecule has 0 saturated heterocycles. The van der Waals surface area contributed by atoms with Crippen LogP contribution in [0, 0.1) is 11.6 Å². The molecule has 2 aromatic carbocycles. The van der Waals surface area contributed by atoms with Gasteiger partial charge in [0.2, 0.25) is 0 Å². The molecule has 0 aliphatic heterocycles. The quantitative estimate of drug-likeness (QED) is 0.700. The van der Waals surface area contributed by atoms with Crippen molar-refractivity contribution < 1.29 is 22.7 Å². The van der Waals surface area contributed by atoms with Gasteiger partial charge in [-0.3, -0.25) is 4.79 Å². The Morgan fingerprint density at radius 3 is 2.62 bits per heavy atom. The van der Waals surface area contributed by atoms with Crippen LogP contribution in [0.1, 0.15) is 34.8 Å². The van der Waals surface area contributed by atoms with Crippen molar-refractivity contribution in [1.29, 1.82) is 0 Å². The number of hydrogen-bond acceptors (Lipinski definition) is 3. The van der Waals surface area contributed by atoms with Crippen molar-refractivity contribution in [2.45, 2.75) is 19.6 Å². The molecule has 3 aromatic rings. The van der Waals surface area contributed by atoms with E-state index in [1.807, 2.05) is 37.3 Å². The molecule has 26 heavy (non-hydrogen) atoms. The molecule has 0 radical (unpaired) electrons. The summed E-state index contributed by atoms with van der Waals surface area (Å²) in [7, 11) is 0. The third-order valence-corrected chi connectivity index (χ3v) is 3.80. The molecule has 1 N–H and O–H groups in total. The van der Waals surface area contributed by atoms with Crippen LogP contribution in [0.15, 0.2) is 65.1 Å². The number of amides is 1. The normalized spacial score (nSPS) is 11.8. The Morgan fingerprint density at radius 1 is 1.12 bits per heavy atom. The summed E-state index contributed by atoms with van der Waals surface area (Å²) in [5.41, 5.74) is 0.975. The summed E-state index contributed by atoms with van der Waals surface area (Å²) in [4.78, 5) is 12.3. The summed E-state index contributed by atoms with van der Waals surface area (Å²) >= 11 is 0. The molecule has 0 aliphatic carbocycles. The van der Waals surface area contributed by atoms with Crippen molar-refractivity contribution in [1.82, 2.24) is 5.32 Å². The lowest BCUT2D eigenvalue weighted by atomic mass is 10.1. The molecular formula is C20H17F2NO3. The molecule has 134 valence electrons. The zero-order valence-corrected chi connectivity index (χ0v) is 14.0. The van der Waals surface area contributed by atoms with Crippen LogP contribution in [0.3, 0.4) is 0 Å². The first-order chi connectivity index (χ1) is 12.5. The van der Waals surface area contributed by atoms with Crippen LogP contribution in [0.4, 0.5) is 8.78 Å². The topological polar surface area (TPSA) is 51.5 Å². The predicted octanol–water partition coefficient (Wildman–Crippen LogP) is 4.63. The summed E-state index contributed by atoms with van der Waals surface area (Å²) in [6.07, 6.45) is 0. The fourth-order valence-electron chi connectivity index (χ4n) is 2.41. The molecular weight excluding hydrogens is 340 g/mol. The summed E-state index contributed by atoms with van der Waals surface area (Å²) in [6, 6.07) is 15.5. The van der Waals surface area contributed by atoms with E-state index in [9.17, 15) is 13.6 Å². The van der Waals surface area contributed by atoms with E-state index in [1.165, 1.54) is 12.1 Å². The van der Waals surface area contributed by atoms with Gasteiger partial charge in [0.25, 0.3) is 5.91 Å². The molecule has 0 saturated carbocycles. The Labute approximate surface area is 149 Å². The third-order valence-electron chi connectivity index (χ3n) is 3.80. The molecule has 4 nitrogen and oxygen atoms in total. The average Bonchev–Trinajstić information content (AvgIpc) is 3.11. The van der Waals surface area contributed by atoms with Gasteiger partial charge < -0.3 is 14.5 Å². The van der Waals surface area contributed by atoms with Crippen LogP contribution < -0.4 is 10.1 Å². The van der Waals surface area contributed by atoms with Gasteiger partial charge >= 0.3 is 0 Å². The minimum absolute atomic E-state index is 0.0793. The predicted molar refractivity (Wildman–Crippen MR) is 91.7 cm³/mol. The van der Waals surface area contributed by atoms with Crippen molar-refractivity contribution >= 4 is 5.91 Å². The van der Waals surface area contributed by atoms with Gasteiger partial charge in [-0.25, -0.2) is 8.78 Å². The highest BCUT2D eigenvalue weighted by molar-refractivity contribution is 5.91. The summed E-state index contributed by atoms with van der Waals surface area (Å²) in [5, 5.41) is 2.84. The van der Waals surface area contributed by atoms with E-state index in [4.69, 9.17) is 9.15 Å². The van der Waals surface area contributed by atoms with Gasteiger partial charge in [0.1, 0.15) is 18.2 Å². The molecule has 1 amide bonds. The van der Waals surface area contributed by atoms with Crippen molar-refractivity contribution in [3.05, 3.63) is 89.4 Å². The molecule has 1 atom stereocenters. The fraction of sp³-hybridized carbons (Fsp3) is 0.150. The Bertz CT molecular complexity index is 893. The molecule has 0 spiro atoms. The van der Waals surface area contributed by atoms with Crippen LogP contribution in [-0.2, 0) is 6.61 Å². The Balaban J connectivity index is 1.59. The Kier molecular flexibility index (Phi) is 5.31.